The number of para-hydroxylation sites is 1. The lowest BCUT2D eigenvalue weighted by atomic mass is 10.0. The van der Waals surface area contributed by atoms with Gasteiger partial charge in [-0.3, -0.25) is 0 Å². The molecule has 2 aliphatic rings. The maximum atomic E-state index is 6.11. The van der Waals surface area contributed by atoms with Crippen LogP contribution in [0.15, 0.2) is 24.3 Å². The van der Waals surface area contributed by atoms with Gasteiger partial charge in [-0.2, -0.15) is 4.98 Å². The first kappa shape index (κ1) is 19.4. The van der Waals surface area contributed by atoms with Crippen molar-refractivity contribution in [3.8, 4) is 0 Å². The number of aromatic nitrogens is 2. The van der Waals surface area contributed by atoms with Crippen molar-refractivity contribution in [3.63, 3.8) is 0 Å². The Balaban J connectivity index is 1.78. The van der Waals surface area contributed by atoms with E-state index in [9.17, 15) is 0 Å². The van der Waals surface area contributed by atoms with Crippen LogP contribution >= 0.6 is 0 Å². The molecule has 2 aliphatic heterocycles. The number of benzene rings is 1. The number of nitrogens with zero attached hydrogens (tertiary/aromatic N) is 4. The highest BCUT2D eigenvalue weighted by Gasteiger charge is 2.35. The number of hydrogen-bond donors (Lipinski definition) is 0. The van der Waals surface area contributed by atoms with Crippen LogP contribution in [0.2, 0.25) is 0 Å². The summed E-state index contributed by atoms with van der Waals surface area (Å²) in [5.41, 5.74) is 0.554. The molecule has 3 heterocycles. The molecule has 0 amide bonds. The van der Waals surface area contributed by atoms with Gasteiger partial charge < -0.3 is 19.3 Å². The van der Waals surface area contributed by atoms with E-state index >= 15 is 0 Å². The van der Waals surface area contributed by atoms with Crippen molar-refractivity contribution in [1.82, 2.24) is 9.97 Å². The molecule has 2 aromatic rings. The molecule has 2 saturated heterocycles. The Morgan fingerprint density at radius 2 is 1.43 bits per heavy atom. The summed E-state index contributed by atoms with van der Waals surface area (Å²) >= 11 is 0. The van der Waals surface area contributed by atoms with Crippen molar-refractivity contribution in [2.45, 2.75) is 65.0 Å². The van der Waals surface area contributed by atoms with Crippen molar-refractivity contribution in [2.75, 3.05) is 36.0 Å². The minimum absolute atomic E-state index is 0.143. The number of anilines is 2. The first-order chi connectivity index (χ1) is 13.1. The maximum Gasteiger partial charge on any atom is 0.228 e. The predicted molar refractivity (Wildman–Crippen MR) is 113 cm³/mol. The van der Waals surface area contributed by atoms with Crippen molar-refractivity contribution >= 4 is 22.7 Å². The molecule has 6 nitrogen and oxygen atoms in total. The molecule has 1 aromatic heterocycles. The summed E-state index contributed by atoms with van der Waals surface area (Å²) in [4.78, 5) is 14.6. The molecule has 2 unspecified atom stereocenters. The van der Waals surface area contributed by atoms with E-state index < -0.39 is 0 Å². The third kappa shape index (κ3) is 3.94. The molecule has 0 radical (unpaired) electrons. The molecular weight excluding hydrogens is 352 g/mol. The molecule has 1 aromatic carbocycles. The Hall–Kier alpha value is -1.92. The van der Waals surface area contributed by atoms with Gasteiger partial charge in [-0.05, 0) is 53.7 Å². The zero-order chi connectivity index (χ0) is 20.1. The van der Waals surface area contributed by atoms with Crippen molar-refractivity contribution in [1.29, 1.82) is 0 Å². The Labute approximate surface area is 167 Å². The summed E-state index contributed by atoms with van der Waals surface area (Å²) in [6.07, 6.45) is 0.299. The monoisotopic (exact) mass is 384 g/mol. The summed E-state index contributed by atoms with van der Waals surface area (Å²) in [6, 6.07) is 8.30. The van der Waals surface area contributed by atoms with Gasteiger partial charge in [-0.1, -0.05) is 12.1 Å². The fourth-order valence-electron chi connectivity index (χ4n) is 4.65. The molecule has 0 saturated carbocycles. The highest BCUT2D eigenvalue weighted by molar-refractivity contribution is 5.90. The Morgan fingerprint density at radius 3 is 2.07 bits per heavy atom. The smallest absolute Gasteiger partial charge is 0.228 e. The van der Waals surface area contributed by atoms with Crippen molar-refractivity contribution in [2.24, 2.45) is 0 Å². The summed E-state index contributed by atoms with van der Waals surface area (Å²) in [5, 5.41) is 1.09. The molecule has 0 bridgehead atoms. The average molecular weight is 385 g/mol. The van der Waals surface area contributed by atoms with Gasteiger partial charge in [0.05, 0.1) is 28.9 Å². The predicted octanol–water partition coefficient (Wildman–Crippen LogP) is 3.64. The number of fused-ring (bicyclic) bond motifs is 1. The van der Waals surface area contributed by atoms with Gasteiger partial charge in [-0.25, -0.2) is 4.98 Å². The molecule has 0 spiro atoms. The molecule has 4 rings (SSSR count). The Kier molecular flexibility index (Phi) is 4.74. The second kappa shape index (κ2) is 6.85. The minimum atomic E-state index is -0.220. The topological polar surface area (TPSA) is 50.7 Å². The number of hydrogen-bond acceptors (Lipinski definition) is 6. The molecule has 6 heteroatoms. The van der Waals surface area contributed by atoms with Crippen molar-refractivity contribution in [3.05, 3.63) is 24.3 Å². The van der Waals surface area contributed by atoms with E-state index in [2.05, 4.69) is 69.5 Å². The largest absolute Gasteiger partial charge is 0.369 e. The second-order valence-corrected chi connectivity index (χ2v) is 9.50. The van der Waals surface area contributed by atoms with Crippen LogP contribution in [-0.4, -0.2) is 59.6 Å². The van der Waals surface area contributed by atoms with Gasteiger partial charge in [-0.15, -0.1) is 0 Å². The van der Waals surface area contributed by atoms with Crippen LogP contribution in [0.4, 0.5) is 11.8 Å². The molecule has 2 atom stereocenters. The first-order valence-electron chi connectivity index (χ1n) is 10.2. The van der Waals surface area contributed by atoms with Gasteiger partial charge in [0.2, 0.25) is 5.95 Å². The summed E-state index contributed by atoms with van der Waals surface area (Å²) in [6.45, 7) is 16.0. The van der Waals surface area contributed by atoms with E-state index in [1.165, 1.54) is 0 Å². The van der Waals surface area contributed by atoms with Crippen LogP contribution in [-0.2, 0) is 9.47 Å². The molecule has 0 aliphatic carbocycles. The summed E-state index contributed by atoms with van der Waals surface area (Å²) in [5.74, 6) is 1.79. The van der Waals surface area contributed by atoms with Gasteiger partial charge in [0, 0.05) is 31.6 Å². The van der Waals surface area contributed by atoms with Crippen LogP contribution < -0.4 is 9.80 Å². The highest BCUT2D eigenvalue weighted by atomic mass is 16.5. The van der Waals surface area contributed by atoms with Crippen LogP contribution in [0.5, 0.6) is 0 Å². The molecule has 2 fully saturated rings. The Bertz CT molecular complexity index is 867. The molecule has 28 heavy (non-hydrogen) atoms. The lowest BCUT2D eigenvalue weighted by Gasteiger charge is -2.43. The van der Waals surface area contributed by atoms with Gasteiger partial charge in [0.15, 0.2) is 0 Å². The minimum Gasteiger partial charge on any atom is -0.369 e. The normalized spacial score (nSPS) is 27.2. The van der Waals surface area contributed by atoms with E-state index in [-0.39, 0.29) is 23.4 Å². The van der Waals surface area contributed by atoms with Crippen LogP contribution in [0.25, 0.3) is 10.9 Å². The van der Waals surface area contributed by atoms with Crippen molar-refractivity contribution < 1.29 is 9.47 Å². The van der Waals surface area contributed by atoms with E-state index in [1.807, 2.05) is 6.07 Å². The molecule has 152 valence electrons. The maximum absolute atomic E-state index is 6.11. The third-order valence-corrected chi connectivity index (χ3v) is 5.29. The van der Waals surface area contributed by atoms with Crippen LogP contribution in [0, 0.1) is 0 Å². The quantitative estimate of drug-likeness (QED) is 0.788. The lowest BCUT2D eigenvalue weighted by molar-refractivity contribution is -0.0754. The zero-order valence-corrected chi connectivity index (χ0v) is 17.9. The second-order valence-electron chi connectivity index (χ2n) is 9.50. The van der Waals surface area contributed by atoms with E-state index in [1.54, 1.807) is 0 Å². The lowest BCUT2D eigenvalue weighted by Crippen LogP contribution is -2.53. The van der Waals surface area contributed by atoms with Gasteiger partial charge >= 0.3 is 0 Å². The summed E-state index contributed by atoms with van der Waals surface area (Å²) in [7, 11) is 0. The van der Waals surface area contributed by atoms with Crippen LogP contribution in [0.3, 0.4) is 0 Å². The van der Waals surface area contributed by atoms with Gasteiger partial charge in [0.25, 0.3) is 0 Å². The van der Waals surface area contributed by atoms with E-state index in [0.717, 1.165) is 48.8 Å². The fraction of sp³-hybridized carbons (Fsp3) is 0.636. The highest BCUT2D eigenvalue weighted by Crippen LogP contribution is 2.32. The number of rotatable bonds is 2. The third-order valence-electron chi connectivity index (χ3n) is 5.29. The van der Waals surface area contributed by atoms with Crippen LogP contribution in [0.1, 0.15) is 41.5 Å². The van der Waals surface area contributed by atoms with E-state index in [0.29, 0.717) is 0 Å². The average Bonchev–Trinajstić information content (AvgIpc) is 2.57. The zero-order valence-electron chi connectivity index (χ0n) is 17.9. The van der Waals surface area contributed by atoms with Gasteiger partial charge in [0.1, 0.15) is 5.82 Å². The SMILES string of the molecule is CC1CN(c2nc(N3CC(C)OC(C)(C)C3)c3ccccc3n2)CC(C)(C)O1. The Morgan fingerprint density at radius 1 is 0.857 bits per heavy atom. The molecule has 0 N–H and O–H groups in total. The number of ether oxygens (including phenoxy) is 2. The standard InChI is InChI=1S/C22H32N4O2/c1-15-11-25(13-21(3,4)27-15)19-17-9-7-8-10-18(17)23-20(24-19)26-12-16(2)28-22(5,6)14-26/h7-10,15-16H,11-14H2,1-6H3. The van der Waals surface area contributed by atoms with E-state index in [4.69, 9.17) is 19.4 Å². The molecular formula is C22H32N4O2. The number of morpholine rings is 2. The first-order valence-corrected chi connectivity index (χ1v) is 10.2. The summed E-state index contributed by atoms with van der Waals surface area (Å²) < 4.78 is 12.2. The fourth-order valence-corrected chi connectivity index (χ4v) is 4.65.